The van der Waals surface area contributed by atoms with E-state index in [0.717, 1.165) is 27.9 Å². The zero-order chi connectivity index (χ0) is 21.0. The third kappa shape index (κ3) is 4.46. The average molecular weight is 429 g/mol. The summed E-state index contributed by atoms with van der Waals surface area (Å²) >= 11 is 6.08. The van der Waals surface area contributed by atoms with Crippen LogP contribution >= 0.6 is 11.6 Å². The van der Waals surface area contributed by atoms with Crippen molar-refractivity contribution < 1.29 is 4.42 Å². The first-order chi connectivity index (χ1) is 15.2. The predicted octanol–water partition coefficient (Wildman–Crippen LogP) is 5.69. The molecule has 2 aromatic heterocycles. The first kappa shape index (κ1) is 19.0. The van der Waals surface area contributed by atoms with Crippen LogP contribution in [-0.4, -0.2) is 19.9 Å². The van der Waals surface area contributed by atoms with E-state index in [1.54, 1.807) is 0 Å². The lowest BCUT2D eigenvalue weighted by atomic mass is 10.2. The van der Waals surface area contributed by atoms with Gasteiger partial charge in [-0.25, -0.2) is 4.98 Å². The molecular formula is C23H17ClN6O. The summed E-state index contributed by atoms with van der Waals surface area (Å²) in [6, 6.07) is 25.3. The van der Waals surface area contributed by atoms with Crippen LogP contribution in [0.4, 0.5) is 17.6 Å². The monoisotopic (exact) mass is 428 g/mol. The molecule has 0 atom stereocenters. The number of para-hydroxylation sites is 2. The van der Waals surface area contributed by atoms with Gasteiger partial charge in [-0.3, -0.25) is 0 Å². The fourth-order valence-electron chi connectivity index (χ4n) is 3.08. The predicted molar refractivity (Wildman–Crippen MR) is 121 cm³/mol. The molecule has 0 aliphatic heterocycles. The van der Waals surface area contributed by atoms with Crippen molar-refractivity contribution in [3.63, 3.8) is 0 Å². The summed E-state index contributed by atoms with van der Waals surface area (Å²) in [4.78, 5) is 17.2. The first-order valence-electron chi connectivity index (χ1n) is 9.65. The molecule has 0 saturated heterocycles. The minimum absolute atomic E-state index is 0.108. The zero-order valence-corrected chi connectivity index (χ0v) is 17.0. The average Bonchev–Trinajstić information content (AvgIpc) is 3.23. The Morgan fingerprint density at radius 2 is 1.48 bits per heavy atom. The number of halogens is 1. The number of aromatic nitrogens is 4. The van der Waals surface area contributed by atoms with Crippen molar-refractivity contribution in [2.24, 2.45) is 0 Å². The molecule has 152 valence electrons. The van der Waals surface area contributed by atoms with E-state index in [9.17, 15) is 0 Å². The quantitative estimate of drug-likeness (QED) is 0.359. The molecule has 5 rings (SSSR count). The Morgan fingerprint density at radius 3 is 2.29 bits per heavy atom. The van der Waals surface area contributed by atoms with Gasteiger partial charge in [0.15, 0.2) is 5.58 Å². The van der Waals surface area contributed by atoms with Crippen LogP contribution in [0.5, 0.6) is 0 Å². The van der Waals surface area contributed by atoms with E-state index < -0.39 is 0 Å². The highest BCUT2D eigenvalue weighted by Crippen LogP contribution is 2.26. The summed E-state index contributed by atoms with van der Waals surface area (Å²) in [5.74, 6) is 1.32. The summed E-state index contributed by atoms with van der Waals surface area (Å²) in [6.07, 6.45) is 0. The minimum Gasteiger partial charge on any atom is -0.436 e. The van der Waals surface area contributed by atoms with Crippen molar-refractivity contribution in [3.8, 4) is 11.5 Å². The van der Waals surface area contributed by atoms with E-state index in [1.807, 2.05) is 78.9 Å². The molecule has 0 spiro atoms. The number of nitrogens with zero attached hydrogens (tertiary/aromatic N) is 4. The Bertz CT molecular complexity index is 1290. The Kier molecular flexibility index (Phi) is 5.16. The van der Waals surface area contributed by atoms with Gasteiger partial charge in [0.1, 0.15) is 5.52 Å². The van der Waals surface area contributed by atoms with E-state index >= 15 is 0 Å². The van der Waals surface area contributed by atoms with Crippen LogP contribution in [0.25, 0.3) is 22.6 Å². The van der Waals surface area contributed by atoms with Gasteiger partial charge in [0.05, 0.1) is 0 Å². The third-order valence-electron chi connectivity index (χ3n) is 4.58. The van der Waals surface area contributed by atoms with Gasteiger partial charge in [-0.05, 0) is 53.6 Å². The maximum Gasteiger partial charge on any atom is 0.233 e. The maximum atomic E-state index is 6.08. The second-order valence-electron chi connectivity index (χ2n) is 6.78. The number of hydrogen-bond acceptors (Lipinski definition) is 7. The Labute approximate surface area is 183 Å². The van der Waals surface area contributed by atoms with Crippen molar-refractivity contribution >= 4 is 40.3 Å². The molecular weight excluding hydrogens is 412 g/mol. The molecule has 8 heteroatoms. The van der Waals surface area contributed by atoms with Gasteiger partial charge in [0, 0.05) is 17.8 Å². The molecule has 0 radical (unpaired) electrons. The molecule has 0 fully saturated rings. The van der Waals surface area contributed by atoms with E-state index in [2.05, 4.69) is 30.6 Å². The SMILES string of the molecule is Clc1nc(NCc2ccccc2)nc(Nc2ccc(-c3nc4ccccc4o3)cc2)n1. The molecule has 0 saturated carbocycles. The highest BCUT2D eigenvalue weighted by Gasteiger charge is 2.09. The van der Waals surface area contributed by atoms with Crippen LogP contribution in [0.15, 0.2) is 83.3 Å². The molecule has 2 N–H and O–H groups in total. The smallest absolute Gasteiger partial charge is 0.233 e. The van der Waals surface area contributed by atoms with Crippen molar-refractivity contribution in [1.29, 1.82) is 0 Å². The maximum absolute atomic E-state index is 6.08. The normalized spacial score (nSPS) is 10.9. The van der Waals surface area contributed by atoms with Gasteiger partial charge in [0.2, 0.25) is 23.1 Å². The number of nitrogens with one attached hydrogen (secondary N) is 2. The topological polar surface area (TPSA) is 88.8 Å². The molecule has 0 aliphatic rings. The summed E-state index contributed by atoms with van der Waals surface area (Å²) in [5, 5.41) is 6.42. The van der Waals surface area contributed by atoms with E-state index in [1.165, 1.54) is 0 Å². The first-order valence-corrected chi connectivity index (χ1v) is 10.0. The molecule has 7 nitrogen and oxygen atoms in total. The summed E-state index contributed by atoms with van der Waals surface area (Å²) in [7, 11) is 0. The summed E-state index contributed by atoms with van der Waals surface area (Å²) in [5.41, 5.74) is 4.38. The zero-order valence-electron chi connectivity index (χ0n) is 16.3. The lowest BCUT2D eigenvalue weighted by molar-refractivity contribution is 0.620. The van der Waals surface area contributed by atoms with Crippen molar-refractivity contribution in [3.05, 3.63) is 89.7 Å². The van der Waals surface area contributed by atoms with Crippen molar-refractivity contribution in [1.82, 2.24) is 19.9 Å². The number of benzene rings is 3. The number of oxazole rings is 1. The summed E-state index contributed by atoms with van der Waals surface area (Å²) in [6.45, 7) is 0.583. The van der Waals surface area contributed by atoms with Crippen LogP contribution in [0.3, 0.4) is 0 Å². The van der Waals surface area contributed by atoms with Gasteiger partial charge < -0.3 is 15.1 Å². The van der Waals surface area contributed by atoms with Crippen LogP contribution < -0.4 is 10.6 Å². The van der Waals surface area contributed by atoms with E-state index in [-0.39, 0.29) is 5.28 Å². The molecule has 3 aromatic carbocycles. The number of hydrogen-bond donors (Lipinski definition) is 2. The van der Waals surface area contributed by atoms with Gasteiger partial charge >= 0.3 is 0 Å². The molecule has 0 bridgehead atoms. The summed E-state index contributed by atoms with van der Waals surface area (Å²) < 4.78 is 5.82. The molecule has 0 aliphatic carbocycles. The van der Waals surface area contributed by atoms with Crippen LogP contribution in [0, 0.1) is 0 Å². The van der Waals surface area contributed by atoms with Crippen molar-refractivity contribution in [2.45, 2.75) is 6.54 Å². The Hall–Kier alpha value is -3.97. The lowest BCUT2D eigenvalue weighted by Crippen LogP contribution is -2.07. The second-order valence-corrected chi connectivity index (χ2v) is 7.12. The van der Waals surface area contributed by atoms with Crippen molar-refractivity contribution in [2.75, 3.05) is 10.6 Å². The Morgan fingerprint density at radius 1 is 0.742 bits per heavy atom. The van der Waals surface area contributed by atoms with Crippen LogP contribution in [0.2, 0.25) is 5.28 Å². The fraction of sp³-hybridized carbons (Fsp3) is 0.0435. The van der Waals surface area contributed by atoms with Gasteiger partial charge in [-0.2, -0.15) is 15.0 Å². The molecule has 5 aromatic rings. The standard InChI is InChI=1S/C23H17ClN6O/c24-21-28-22(25-14-15-6-2-1-3-7-15)30-23(29-21)26-17-12-10-16(11-13-17)20-27-18-8-4-5-9-19(18)31-20/h1-13H,14H2,(H2,25,26,28,29,30). The van der Waals surface area contributed by atoms with Crippen LogP contribution in [-0.2, 0) is 6.54 Å². The molecule has 0 unspecified atom stereocenters. The highest BCUT2D eigenvalue weighted by molar-refractivity contribution is 6.28. The van der Waals surface area contributed by atoms with Gasteiger partial charge in [-0.1, -0.05) is 42.5 Å². The number of rotatable bonds is 6. The van der Waals surface area contributed by atoms with Gasteiger partial charge in [-0.15, -0.1) is 0 Å². The van der Waals surface area contributed by atoms with E-state index in [4.69, 9.17) is 16.0 Å². The largest absolute Gasteiger partial charge is 0.436 e. The Balaban J connectivity index is 1.30. The number of anilines is 3. The lowest BCUT2D eigenvalue weighted by Gasteiger charge is -2.09. The van der Waals surface area contributed by atoms with E-state index in [0.29, 0.717) is 24.3 Å². The number of fused-ring (bicyclic) bond motifs is 1. The van der Waals surface area contributed by atoms with Crippen LogP contribution in [0.1, 0.15) is 5.56 Å². The highest BCUT2D eigenvalue weighted by atomic mass is 35.5. The molecule has 2 heterocycles. The molecule has 0 amide bonds. The second kappa shape index (κ2) is 8.41. The third-order valence-corrected chi connectivity index (χ3v) is 4.75. The fourth-order valence-corrected chi connectivity index (χ4v) is 3.24. The molecule has 31 heavy (non-hydrogen) atoms. The minimum atomic E-state index is 0.108. The van der Waals surface area contributed by atoms with Gasteiger partial charge in [0.25, 0.3) is 0 Å².